The first-order valence-electron chi connectivity index (χ1n) is 7.55. The van der Waals surface area contributed by atoms with Crippen LogP contribution in [0.25, 0.3) is 0 Å². The van der Waals surface area contributed by atoms with E-state index in [4.69, 9.17) is 4.42 Å². The van der Waals surface area contributed by atoms with Crippen LogP contribution in [-0.4, -0.2) is 38.0 Å². The molecule has 2 amide bonds. The molecule has 8 nitrogen and oxygen atoms in total. The first-order valence-corrected chi connectivity index (χ1v) is 7.55. The second kappa shape index (κ2) is 6.23. The molecule has 2 atom stereocenters. The molecule has 1 aliphatic heterocycles. The topological polar surface area (TPSA) is 93.3 Å². The number of amides is 2. The third kappa shape index (κ3) is 3.10. The molecule has 0 unspecified atom stereocenters. The maximum absolute atomic E-state index is 12.6. The molecule has 0 spiro atoms. The van der Waals surface area contributed by atoms with Crippen LogP contribution in [0.4, 0.5) is 5.95 Å². The number of carbonyl (C=O) groups excluding carboxylic acids is 2. The molecule has 1 saturated heterocycles. The van der Waals surface area contributed by atoms with Gasteiger partial charge < -0.3 is 9.32 Å². The SMILES string of the molecule is C[C@@H]1CCN(C(=O)C(=O)Nc2ncnn2C)[C@H](c2ccco2)C1. The van der Waals surface area contributed by atoms with Crippen molar-refractivity contribution in [3.8, 4) is 0 Å². The van der Waals surface area contributed by atoms with E-state index in [2.05, 4.69) is 22.3 Å². The summed E-state index contributed by atoms with van der Waals surface area (Å²) in [4.78, 5) is 30.3. The zero-order valence-corrected chi connectivity index (χ0v) is 13.1. The quantitative estimate of drug-likeness (QED) is 0.844. The molecule has 8 heteroatoms. The molecule has 0 bridgehead atoms. The number of piperidine rings is 1. The lowest BCUT2D eigenvalue weighted by Gasteiger charge is -2.36. The number of hydrogen-bond acceptors (Lipinski definition) is 5. The molecule has 23 heavy (non-hydrogen) atoms. The summed E-state index contributed by atoms with van der Waals surface area (Å²) in [5.41, 5.74) is 0. The normalized spacial score (nSPS) is 21.2. The Kier molecular flexibility index (Phi) is 4.14. The molecule has 1 fully saturated rings. The number of likely N-dealkylation sites (tertiary alicyclic amines) is 1. The lowest BCUT2D eigenvalue weighted by molar-refractivity contribution is -0.146. The van der Waals surface area contributed by atoms with E-state index in [0.717, 1.165) is 12.8 Å². The predicted octanol–water partition coefficient (Wildman–Crippen LogP) is 1.35. The third-order valence-corrected chi connectivity index (χ3v) is 4.13. The highest BCUT2D eigenvalue weighted by Gasteiger charge is 2.35. The minimum absolute atomic E-state index is 0.216. The summed E-state index contributed by atoms with van der Waals surface area (Å²) in [5.74, 6) is 0.115. The van der Waals surface area contributed by atoms with Crippen LogP contribution in [0.1, 0.15) is 31.6 Å². The summed E-state index contributed by atoms with van der Waals surface area (Å²) in [6.45, 7) is 2.66. The van der Waals surface area contributed by atoms with Crippen LogP contribution in [0, 0.1) is 5.92 Å². The van der Waals surface area contributed by atoms with Gasteiger partial charge in [0.1, 0.15) is 12.1 Å². The standard InChI is InChI=1S/C15H19N5O3/c1-10-5-6-20(11(8-10)12-4-3-7-23-12)14(22)13(21)18-15-16-9-17-19(15)2/h3-4,7,9-11H,5-6,8H2,1-2H3,(H,16,17,18,21)/t10-,11+/m1/s1. The van der Waals surface area contributed by atoms with Crippen LogP contribution < -0.4 is 5.32 Å². The van der Waals surface area contributed by atoms with Gasteiger partial charge in [-0.2, -0.15) is 10.1 Å². The van der Waals surface area contributed by atoms with Crippen molar-refractivity contribution in [3.05, 3.63) is 30.5 Å². The summed E-state index contributed by atoms with van der Waals surface area (Å²) >= 11 is 0. The van der Waals surface area contributed by atoms with E-state index < -0.39 is 11.8 Å². The lowest BCUT2D eigenvalue weighted by atomic mass is 9.91. The van der Waals surface area contributed by atoms with Gasteiger partial charge in [-0.15, -0.1) is 0 Å². The minimum atomic E-state index is -0.716. The molecular weight excluding hydrogens is 298 g/mol. The van der Waals surface area contributed by atoms with Crippen molar-refractivity contribution in [2.24, 2.45) is 13.0 Å². The number of rotatable bonds is 2. The molecule has 122 valence electrons. The summed E-state index contributed by atoms with van der Waals surface area (Å²) in [7, 11) is 1.64. The van der Waals surface area contributed by atoms with Gasteiger partial charge in [0.15, 0.2) is 0 Å². The number of carbonyl (C=O) groups is 2. The Labute approximate surface area is 133 Å². The molecular formula is C15H19N5O3. The van der Waals surface area contributed by atoms with E-state index in [0.29, 0.717) is 18.2 Å². The van der Waals surface area contributed by atoms with Gasteiger partial charge in [0.25, 0.3) is 0 Å². The highest BCUT2D eigenvalue weighted by atomic mass is 16.3. The lowest BCUT2D eigenvalue weighted by Crippen LogP contribution is -2.45. The maximum atomic E-state index is 12.6. The van der Waals surface area contributed by atoms with Crippen molar-refractivity contribution in [1.82, 2.24) is 19.7 Å². The van der Waals surface area contributed by atoms with Gasteiger partial charge in [0.2, 0.25) is 5.95 Å². The van der Waals surface area contributed by atoms with E-state index in [-0.39, 0.29) is 12.0 Å². The minimum Gasteiger partial charge on any atom is -0.467 e. The van der Waals surface area contributed by atoms with Crippen LogP contribution in [0.2, 0.25) is 0 Å². The maximum Gasteiger partial charge on any atom is 0.316 e. The van der Waals surface area contributed by atoms with Gasteiger partial charge in [0, 0.05) is 13.6 Å². The van der Waals surface area contributed by atoms with Crippen molar-refractivity contribution in [3.63, 3.8) is 0 Å². The smallest absolute Gasteiger partial charge is 0.316 e. The van der Waals surface area contributed by atoms with Crippen molar-refractivity contribution in [1.29, 1.82) is 0 Å². The van der Waals surface area contributed by atoms with E-state index in [9.17, 15) is 9.59 Å². The zero-order chi connectivity index (χ0) is 16.4. The van der Waals surface area contributed by atoms with Gasteiger partial charge in [-0.1, -0.05) is 6.92 Å². The van der Waals surface area contributed by atoms with Crippen molar-refractivity contribution in [2.45, 2.75) is 25.8 Å². The monoisotopic (exact) mass is 317 g/mol. The summed E-state index contributed by atoms with van der Waals surface area (Å²) in [5, 5.41) is 6.35. The van der Waals surface area contributed by atoms with Gasteiger partial charge in [-0.25, -0.2) is 4.68 Å². The van der Waals surface area contributed by atoms with Crippen LogP contribution in [0.15, 0.2) is 29.1 Å². The summed E-state index contributed by atoms with van der Waals surface area (Å²) in [6.07, 6.45) is 4.53. The molecule has 2 aromatic rings. The van der Waals surface area contributed by atoms with Gasteiger partial charge >= 0.3 is 11.8 Å². The molecule has 0 radical (unpaired) electrons. The van der Waals surface area contributed by atoms with Crippen molar-refractivity contribution < 1.29 is 14.0 Å². The first kappa shape index (κ1) is 15.3. The number of hydrogen-bond donors (Lipinski definition) is 1. The largest absolute Gasteiger partial charge is 0.467 e. The van der Waals surface area contributed by atoms with Gasteiger partial charge in [-0.3, -0.25) is 14.9 Å². The first-order chi connectivity index (χ1) is 11.1. The van der Waals surface area contributed by atoms with Crippen molar-refractivity contribution >= 4 is 17.8 Å². The van der Waals surface area contributed by atoms with Crippen LogP contribution in [0.3, 0.4) is 0 Å². The Morgan fingerprint density at radius 2 is 2.26 bits per heavy atom. The molecule has 0 aromatic carbocycles. The number of aryl methyl sites for hydroxylation is 1. The Bertz CT molecular complexity index is 694. The number of aromatic nitrogens is 3. The van der Waals surface area contributed by atoms with E-state index >= 15 is 0 Å². The molecule has 1 N–H and O–H groups in total. The second-order valence-electron chi connectivity index (χ2n) is 5.82. The molecule has 3 heterocycles. The second-order valence-corrected chi connectivity index (χ2v) is 5.82. The average molecular weight is 317 g/mol. The van der Waals surface area contributed by atoms with Crippen molar-refractivity contribution in [2.75, 3.05) is 11.9 Å². The highest BCUT2D eigenvalue weighted by Crippen LogP contribution is 2.34. The van der Waals surface area contributed by atoms with E-state index in [1.54, 1.807) is 24.3 Å². The van der Waals surface area contributed by atoms with Crippen LogP contribution >= 0.6 is 0 Å². The summed E-state index contributed by atoms with van der Waals surface area (Å²) < 4.78 is 6.85. The fourth-order valence-electron chi connectivity index (χ4n) is 2.83. The summed E-state index contributed by atoms with van der Waals surface area (Å²) in [6, 6.07) is 3.41. The van der Waals surface area contributed by atoms with Crippen LogP contribution in [-0.2, 0) is 16.6 Å². The van der Waals surface area contributed by atoms with E-state index in [1.165, 1.54) is 11.0 Å². The predicted molar refractivity (Wildman–Crippen MR) is 81.2 cm³/mol. The van der Waals surface area contributed by atoms with Crippen LogP contribution in [0.5, 0.6) is 0 Å². The average Bonchev–Trinajstić information content (AvgIpc) is 3.19. The molecule has 1 aliphatic rings. The number of nitrogens with zero attached hydrogens (tertiary/aromatic N) is 4. The number of anilines is 1. The molecule has 0 saturated carbocycles. The Morgan fingerprint density at radius 1 is 1.43 bits per heavy atom. The Hall–Kier alpha value is -2.64. The zero-order valence-electron chi connectivity index (χ0n) is 13.1. The third-order valence-electron chi connectivity index (χ3n) is 4.13. The highest BCUT2D eigenvalue weighted by molar-refractivity contribution is 6.39. The Balaban J connectivity index is 1.76. The van der Waals surface area contributed by atoms with E-state index in [1.807, 2.05) is 6.07 Å². The fourth-order valence-corrected chi connectivity index (χ4v) is 2.83. The molecule has 3 rings (SSSR count). The Morgan fingerprint density at radius 3 is 2.91 bits per heavy atom. The van der Waals surface area contributed by atoms with Gasteiger partial charge in [0.05, 0.1) is 12.3 Å². The fraction of sp³-hybridized carbons (Fsp3) is 0.467. The molecule has 2 aromatic heterocycles. The number of furan rings is 1. The molecule has 0 aliphatic carbocycles. The van der Waals surface area contributed by atoms with Gasteiger partial charge in [-0.05, 0) is 30.9 Å². The number of nitrogens with one attached hydrogen (secondary N) is 1.